The van der Waals surface area contributed by atoms with Gasteiger partial charge in [0.25, 0.3) is 0 Å². The second-order valence-electron chi connectivity index (χ2n) is 5.03. The number of rotatable bonds is 3. The van der Waals surface area contributed by atoms with Crippen molar-refractivity contribution in [2.45, 2.75) is 19.6 Å². The first-order valence-electron chi connectivity index (χ1n) is 6.79. The molecule has 104 valence electrons. The molecule has 0 saturated carbocycles. The van der Waals surface area contributed by atoms with Crippen LogP contribution in [0.2, 0.25) is 0 Å². The van der Waals surface area contributed by atoms with Gasteiger partial charge in [0, 0.05) is 5.56 Å². The molecule has 1 aliphatic heterocycles. The van der Waals surface area contributed by atoms with E-state index in [2.05, 4.69) is 0 Å². The van der Waals surface area contributed by atoms with Gasteiger partial charge in [-0.2, -0.15) is 0 Å². The van der Waals surface area contributed by atoms with Gasteiger partial charge in [-0.15, -0.1) is 0 Å². The molecule has 0 aromatic heterocycles. The van der Waals surface area contributed by atoms with E-state index >= 15 is 0 Å². The predicted molar refractivity (Wildman–Crippen MR) is 77.0 cm³/mol. The Morgan fingerprint density at radius 3 is 2.30 bits per heavy atom. The Morgan fingerprint density at radius 1 is 0.950 bits per heavy atom. The van der Waals surface area contributed by atoms with Crippen LogP contribution in [0.25, 0.3) is 0 Å². The zero-order valence-electron chi connectivity index (χ0n) is 11.8. The summed E-state index contributed by atoms with van der Waals surface area (Å²) in [5, 5.41) is 0. The van der Waals surface area contributed by atoms with Crippen molar-refractivity contribution in [2.75, 3.05) is 13.2 Å². The summed E-state index contributed by atoms with van der Waals surface area (Å²) in [6, 6.07) is 15.7. The molecule has 2 aromatic rings. The molecule has 1 aliphatic rings. The number of hydrogen-bond acceptors (Lipinski definition) is 3. The molecular formula is C17H18O3. The van der Waals surface area contributed by atoms with E-state index in [9.17, 15) is 0 Å². The molecule has 0 N–H and O–H groups in total. The van der Waals surface area contributed by atoms with E-state index in [4.69, 9.17) is 14.2 Å². The van der Waals surface area contributed by atoms with Crippen molar-refractivity contribution in [3.05, 3.63) is 59.7 Å². The molecule has 2 aromatic carbocycles. The lowest BCUT2D eigenvalue weighted by Crippen LogP contribution is -2.23. The van der Waals surface area contributed by atoms with Gasteiger partial charge >= 0.3 is 0 Å². The molecule has 0 aliphatic carbocycles. The number of benzene rings is 2. The normalized spacial score (nSPS) is 17.1. The van der Waals surface area contributed by atoms with E-state index in [-0.39, 0.29) is 0 Å². The minimum atomic E-state index is -0.630. The van der Waals surface area contributed by atoms with Crippen LogP contribution >= 0.6 is 0 Å². The second kappa shape index (κ2) is 5.27. The van der Waals surface area contributed by atoms with E-state index in [1.165, 1.54) is 0 Å². The fraction of sp³-hybridized carbons (Fsp3) is 0.294. The second-order valence-corrected chi connectivity index (χ2v) is 5.03. The zero-order valence-corrected chi connectivity index (χ0v) is 11.8. The van der Waals surface area contributed by atoms with Crippen LogP contribution in [-0.4, -0.2) is 13.2 Å². The monoisotopic (exact) mass is 270 g/mol. The topological polar surface area (TPSA) is 27.7 Å². The highest BCUT2D eigenvalue weighted by Crippen LogP contribution is 2.35. The van der Waals surface area contributed by atoms with Crippen LogP contribution in [0.3, 0.4) is 0 Å². The van der Waals surface area contributed by atoms with Crippen molar-refractivity contribution in [1.29, 1.82) is 0 Å². The summed E-state index contributed by atoms with van der Waals surface area (Å²) in [7, 11) is 0. The van der Waals surface area contributed by atoms with Crippen LogP contribution in [0.15, 0.2) is 48.5 Å². The standard InChI is InChI=1S/C17H18O3/c1-13-12-15(20-14-6-4-3-5-7-14)8-9-16(13)17(2)18-10-11-19-17/h3-9,12H,10-11H2,1-2H3. The highest BCUT2D eigenvalue weighted by atomic mass is 16.7. The highest BCUT2D eigenvalue weighted by Gasteiger charge is 2.34. The third-order valence-corrected chi connectivity index (χ3v) is 3.50. The van der Waals surface area contributed by atoms with Crippen molar-refractivity contribution in [3.8, 4) is 11.5 Å². The van der Waals surface area contributed by atoms with Crippen molar-refractivity contribution >= 4 is 0 Å². The SMILES string of the molecule is Cc1cc(Oc2ccccc2)ccc1C1(C)OCCO1. The number of ether oxygens (including phenoxy) is 3. The Kier molecular flexibility index (Phi) is 3.47. The lowest BCUT2D eigenvalue weighted by atomic mass is 10.0. The van der Waals surface area contributed by atoms with Crippen molar-refractivity contribution in [3.63, 3.8) is 0 Å². The minimum Gasteiger partial charge on any atom is -0.457 e. The van der Waals surface area contributed by atoms with Gasteiger partial charge in [0.05, 0.1) is 13.2 Å². The molecule has 0 unspecified atom stereocenters. The van der Waals surface area contributed by atoms with Crippen LogP contribution in [0, 0.1) is 6.92 Å². The predicted octanol–water partition coefficient (Wildman–Crippen LogP) is 4.01. The fourth-order valence-corrected chi connectivity index (χ4v) is 2.50. The molecule has 20 heavy (non-hydrogen) atoms. The Morgan fingerprint density at radius 2 is 1.65 bits per heavy atom. The van der Waals surface area contributed by atoms with E-state index in [1.807, 2.05) is 62.4 Å². The first kappa shape index (κ1) is 13.2. The van der Waals surface area contributed by atoms with Crippen LogP contribution in [-0.2, 0) is 15.3 Å². The van der Waals surface area contributed by atoms with Crippen molar-refractivity contribution in [1.82, 2.24) is 0 Å². The summed E-state index contributed by atoms with van der Waals surface area (Å²) >= 11 is 0. The highest BCUT2D eigenvalue weighted by molar-refractivity contribution is 5.39. The quantitative estimate of drug-likeness (QED) is 0.843. The summed E-state index contributed by atoms with van der Waals surface area (Å²) < 4.78 is 17.2. The molecule has 3 nitrogen and oxygen atoms in total. The maximum atomic E-state index is 5.83. The maximum absolute atomic E-state index is 5.83. The van der Waals surface area contributed by atoms with Gasteiger partial charge in [0.2, 0.25) is 0 Å². The fourth-order valence-electron chi connectivity index (χ4n) is 2.50. The average Bonchev–Trinajstić information content (AvgIpc) is 2.88. The van der Waals surface area contributed by atoms with Gasteiger partial charge in [0.15, 0.2) is 5.79 Å². The first-order chi connectivity index (χ1) is 9.67. The molecule has 1 heterocycles. The number of para-hydroxylation sites is 1. The summed E-state index contributed by atoms with van der Waals surface area (Å²) in [6.07, 6.45) is 0. The van der Waals surface area contributed by atoms with E-state index < -0.39 is 5.79 Å². The molecular weight excluding hydrogens is 252 g/mol. The Labute approximate surface area is 119 Å². The van der Waals surface area contributed by atoms with Gasteiger partial charge in [0.1, 0.15) is 11.5 Å². The average molecular weight is 270 g/mol. The summed E-state index contributed by atoms with van der Waals surface area (Å²) in [5.74, 6) is 1.02. The van der Waals surface area contributed by atoms with Gasteiger partial charge in [-0.05, 0) is 49.7 Å². The molecule has 0 spiro atoms. The molecule has 0 atom stereocenters. The van der Waals surface area contributed by atoms with E-state index in [0.29, 0.717) is 13.2 Å². The van der Waals surface area contributed by atoms with Crippen molar-refractivity contribution in [2.24, 2.45) is 0 Å². The zero-order chi connectivity index (χ0) is 14.0. The van der Waals surface area contributed by atoms with E-state index in [0.717, 1.165) is 22.6 Å². The first-order valence-corrected chi connectivity index (χ1v) is 6.79. The largest absolute Gasteiger partial charge is 0.457 e. The van der Waals surface area contributed by atoms with Gasteiger partial charge in [-0.1, -0.05) is 18.2 Å². The van der Waals surface area contributed by atoms with Crippen molar-refractivity contribution < 1.29 is 14.2 Å². The van der Waals surface area contributed by atoms with Crippen LogP contribution < -0.4 is 4.74 Å². The third kappa shape index (κ3) is 2.55. The lowest BCUT2D eigenvalue weighted by Gasteiger charge is -2.25. The lowest BCUT2D eigenvalue weighted by molar-refractivity contribution is -0.150. The molecule has 1 fully saturated rings. The third-order valence-electron chi connectivity index (χ3n) is 3.50. The Hall–Kier alpha value is -1.84. The smallest absolute Gasteiger partial charge is 0.192 e. The van der Waals surface area contributed by atoms with Crippen LogP contribution in [0.5, 0.6) is 11.5 Å². The minimum absolute atomic E-state index is 0.630. The van der Waals surface area contributed by atoms with Gasteiger partial charge < -0.3 is 14.2 Å². The van der Waals surface area contributed by atoms with Crippen LogP contribution in [0.4, 0.5) is 0 Å². The maximum Gasteiger partial charge on any atom is 0.192 e. The summed E-state index contributed by atoms with van der Waals surface area (Å²) in [4.78, 5) is 0. The molecule has 0 amide bonds. The molecule has 3 heteroatoms. The summed E-state index contributed by atoms with van der Waals surface area (Å²) in [5.41, 5.74) is 2.15. The Bertz CT molecular complexity index is 586. The Balaban J connectivity index is 1.84. The molecule has 0 bridgehead atoms. The van der Waals surface area contributed by atoms with Gasteiger partial charge in [-0.3, -0.25) is 0 Å². The number of hydrogen-bond donors (Lipinski definition) is 0. The van der Waals surface area contributed by atoms with Gasteiger partial charge in [-0.25, -0.2) is 0 Å². The number of aryl methyl sites for hydroxylation is 1. The van der Waals surface area contributed by atoms with Crippen LogP contribution in [0.1, 0.15) is 18.1 Å². The molecule has 0 radical (unpaired) electrons. The van der Waals surface area contributed by atoms with E-state index in [1.54, 1.807) is 0 Å². The molecule has 3 rings (SSSR count). The summed E-state index contributed by atoms with van der Waals surface area (Å²) in [6.45, 7) is 5.28. The molecule has 1 saturated heterocycles.